The van der Waals surface area contributed by atoms with Crippen LogP contribution in [0.4, 0.5) is 0 Å². The van der Waals surface area contributed by atoms with Gasteiger partial charge in [-0.05, 0) is 64.6 Å². The molecule has 0 aliphatic carbocycles. The van der Waals surface area contributed by atoms with Crippen LogP contribution in [-0.4, -0.2) is 121 Å². The van der Waals surface area contributed by atoms with Crippen LogP contribution in [0.15, 0.2) is 30.3 Å². The van der Waals surface area contributed by atoms with Crippen LogP contribution < -0.4 is 0 Å². The lowest BCUT2D eigenvalue weighted by molar-refractivity contribution is -0.149. The molecule has 1 aliphatic heterocycles. The number of hydrogen-bond donors (Lipinski definition) is 1. The van der Waals surface area contributed by atoms with E-state index in [4.69, 9.17) is 9.47 Å². The first-order valence-corrected chi connectivity index (χ1v) is 19.0. The third kappa shape index (κ3) is 11.4. The normalized spacial score (nSPS) is 19.1. The highest BCUT2D eigenvalue weighted by Gasteiger charge is 2.43. The number of aliphatic carboxylic acids is 1. The van der Waals surface area contributed by atoms with Crippen molar-refractivity contribution in [2.45, 2.75) is 123 Å². The Morgan fingerprint density at radius 2 is 1.56 bits per heavy atom. The average molecular weight is 730 g/mol. The van der Waals surface area contributed by atoms with Gasteiger partial charge in [0.15, 0.2) is 5.78 Å². The van der Waals surface area contributed by atoms with E-state index in [0.717, 1.165) is 18.4 Å². The summed E-state index contributed by atoms with van der Waals surface area (Å²) in [5.74, 6) is -3.67. The van der Waals surface area contributed by atoms with Crippen LogP contribution >= 0.6 is 0 Å². The summed E-state index contributed by atoms with van der Waals surface area (Å²) in [6, 6.07) is 8.46. The number of likely N-dealkylation sites (tertiary alicyclic amines) is 1. The van der Waals surface area contributed by atoms with E-state index in [9.17, 15) is 29.1 Å². The predicted molar refractivity (Wildman–Crippen MR) is 203 cm³/mol. The molecule has 1 aromatic rings. The molecule has 294 valence electrons. The smallest absolute Gasteiger partial charge is 0.307 e. The van der Waals surface area contributed by atoms with E-state index >= 15 is 0 Å². The first kappa shape index (κ1) is 45.0. The van der Waals surface area contributed by atoms with Crippen LogP contribution in [0.1, 0.15) is 92.6 Å². The zero-order chi connectivity index (χ0) is 39.5. The van der Waals surface area contributed by atoms with E-state index in [1.165, 1.54) is 7.11 Å². The number of ketones is 2. The fourth-order valence-corrected chi connectivity index (χ4v) is 7.48. The second-order valence-electron chi connectivity index (χ2n) is 15.9. The lowest BCUT2D eigenvalue weighted by Gasteiger charge is -2.41. The summed E-state index contributed by atoms with van der Waals surface area (Å²) in [6.07, 6.45) is 1.14. The van der Waals surface area contributed by atoms with E-state index in [-0.39, 0.29) is 66.9 Å². The number of rotatable bonds is 22. The molecule has 1 aromatic carbocycles. The van der Waals surface area contributed by atoms with Crippen LogP contribution in [0.3, 0.4) is 0 Å². The molecule has 2 rings (SSSR count). The van der Waals surface area contributed by atoms with Gasteiger partial charge in [0.1, 0.15) is 5.78 Å². The number of likely N-dealkylation sites (N-methyl/N-ethyl adjacent to an activating group) is 2. The number of carboxylic acid groups (broad SMARTS) is 1. The number of carbonyl (C=O) groups excluding carboxylic acids is 4. The van der Waals surface area contributed by atoms with Gasteiger partial charge in [-0.1, -0.05) is 71.4 Å². The maximum atomic E-state index is 14.2. The topological polar surface area (TPSA) is 134 Å². The van der Waals surface area contributed by atoms with Gasteiger partial charge in [-0.15, -0.1) is 0 Å². The Morgan fingerprint density at radius 3 is 2.06 bits per heavy atom. The summed E-state index contributed by atoms with van der Waals surface area (Å²) >= 11 is 0. The number of carboxylic acids is 1. The van der Waals surface area contributed by atoms with Crippen molar-refractivity contribution in [1.82, 2.24) is 14.7 Å². The van der Waals surface area contributed by atoms with Gasteiger partial charge in [-0.2, -0.15) is 0 Å². The molecule has 1 saturated heterocycles. The number of Topliss-reactive ketones (excluding diaryl/α,β-unsaturated/α-hetero) is 2. The summed E-state index contributed by atoms with van der Waals surface area (Å²) in [7, 11) is 8.55. The molecule has 0 aromatic heterocycles. The van der Waals surface area contributed by atoms with Crippen molar-refractivity contribution >= 4 is 29.4 Å². The van der Waals surface area contributed by atoms with Gasteiger partial charge >= 0.3 is 5.97 Å². The van der Waals surface area contributed by atoms with E-state index in [0.29, 0.717) is 13.0 Å². The standard InChI is InChI=1S/C41H67N3O8/c1-13-27(4)37(43(10)39(48)31(26(2)3)24-35(46)41(6,7)42(8)9)34(51-11)25-36(47)44-21-17-20-32(44)38(52-12)28(5)33(45)23-30(40(49)50)22-29-18-15-14-16-19-29/h14-16,18-19,26-28,30-32,34,37-38H,13,17,20-25H2,1-12H3,(H,49,50)/t27-,28-,30+,31-,32-,34+,37-,38+/m0/s1. The van der Waals surface area contributed by atoms with Crippen molar-refractivity contribution in [2.75, 3.05) is 41.9 Å². The van der Waals surface area contributed by atoms with Gasteiger partial charge in [0.05, 0.1) is 42.2 Å². The quantitative estimate of drug-likeness (QED) is 0.167. The molecule has 11 heteroatoms. The molecular formula is C41H67N3O8. The van der Waals surface area contributed by atoms with Crippen molar-refractivity contribution < 1.29 is 38.6 Å². The SMILES string of the molecule is CC[C@H](C)[C@@H]([C@@H](CC(=O)N1CCC[C@H]1[C@H](OC)[C@@H](C)C(=O)C[C@@H](Cc1ccccc1)C(=O)O)OC)N(C)C(=O)[C@@H](CC(=O)C(C)(C)N(C)C)C(C)C. The fourth-order valence-electron chi connectivity index (χ4n) is 7.48. The van der Waals surface area contributed by atoms with Gasteiger partial charge in [0, 0.05) is 52.5 Å². The second-order valence-corrected chi connectivity index (χ2v) is 15.9. The molecule has 1 heterocycles. The zero-order valence-electron chi connectivity index (χ0n) is 33.9. The Hall–Kier alpha value is -3.15. The summed E-state index contributed by atoms with van der Waals surface area (Å²) < 4.78 is 11.9. The summed E-state index contributed by atoms with van der Waals surface area (Å²) in [5, 5.41) is 9.93. The van der Waals surface area contributed by atoms with Gasteiger partial charge < -0.3 is 24.4 Å². The van der Waals surface area contributed by atoms with E-state index in [2.05, 4.69) is 0 Å². The maximum absolute atomic E-state index is 14.2. The number of amides is 2. The van der Waals surface area contributed by atoms with Gasteiger partial charge in [-0.3, -0.25) is 28.9 Å². The Bertz CT molecular complexity index is 1330. The molecule has 1 aliphatic rings. The number of ether oxygens (including phenoxy) is 2. The maximum Gasteiger partial charge on any atom is 0.307 e. The van der Waals surface area contributed by atoms with Gasteiger partial charge in [0.25, 0.3) is 0 Å². The third-order valence-corrected chi connectivity index (χ3v) is 11.8. The summed E-state index contributed by atoms with van der Waals surface area (Å²) in [4.78, 5) is 72.8. The van der Waals surface area contributed by atoms with Crippen molar-refractivity contribution in [3.63, 3.8) is 0 Å². The molecule has 0 unspecified atom stereocenters. The molecule has 0 saturated carbocycles. The number of methoxy groups -OCH3 is 2. The molecule has 11 nitrogen and oxygen atoms in total. The van der Waals surface area contributed by atoms with Crippen LogP contribution in [-0.2, 0) is 39.9 Å². The number of carbonyl (C=O) groups is 5. The third-order valence-electron chi connectivity index (χ3n) is 11.8. The molecule has 0 radical (unpaired) electrons. The van der Waals surface area contributed by atoms with Crippen LogP contribution in [0, 0.1) is 29.6 Å². The minimum atomic E-state index is -1.02. The Kier molecular flexibility index (Phi) is 17.6. The first-order chi connectivity index (χ1) is 24.3. The Balaban J connectivity index is 2.27. The van der Waals surface area contributed by atoms with Crippen LogP contribution in [0.2, 0.25) is 0 Å². The van der Waals surface area contributed by atoms with E-state index < -0.39 is 47.5 Å². The molecular weight excluding hydrogens is 662 g/mol. The van der Waals surface area contributed by atoms with Gasteiger partial charge in [-0.25, -0.2) is 0 Å². The minimum Gasteiger partial charge on any atom is -0.481 e. The molecule has 1 N–H and O–H groups in total. The van der Waals surface area contributed by atoms with Crippen molar-refractivity contribution in [2.24, 2.45) is 29.6 Å². The lowest BCUT2D eigenvalue weighted by Crippen LogP contribution is -2.54. The molecule has 2 amide bonds. The van der Waals surface area contributed by atoms with Crippen LogP contribution in [0.5, 0.6) is 0 Å². The highest BCUT2D eigenvalue weighted by Crippen LogP contribution is 2.32. The zero-order valence-corrected chi connectivity index (χ0v) is 33.9. The molecule has 1 fully saturated rings. The predicted octanol–water partition coefficient (Wildman–Crippen LogP) is 5.38. The van der Waals surface area contributed by atoms with E-state index in [1.807, 2.05) is 90.9 Å². The largest absolute Gasteiger partial charge is 0.481 e. The van der Waals surface area contributed by atoms with E-state index in [1.54, 1.807) is 30.9 Å². The fraction of sp³-hybridized carbons (Fsp3) is 0.732. The van der Waals surface area contributed by atoms with Crippen molar-refractivity contribution in [3.05, 3.63) is 35.9 Å². The van der Waals surface area contributed by atoms with Gasteiger partial charge in [0.2, 0.25) is 11.8 Å². The second kappa shape index (κ2) is 20.3. The number of benzene rings is 1. The molecule has 8 atom stereocenters. The lowest BCUT2D eigenvalue weighted by atomic mass is 9.82. The number of nitrogens with zero attached hydrogens (tertiary/aromatic N) is 3. The number of hydrogen-bond acceptors (Lipinski definition) is 8. The monoisotopic (exact) mass is 729 g/mol. The minimum absolute atomic E-state index is 0.00772. The molecule has 0 spiro atoms. The Labute approximate surface area is 312 Å². The summed E-state index contributed by atoms with van der Waals surface area (Å²) in [6.45, 7) is 14.0. The van der Waals surface area contributed by atoms with Crippen LogP contribution in [0.25, 0.3) is 0 Å². The molecule has 0 bridgehead atoms. The average Bonchev–Trinajstić information content (AvgIpc) is 3.59. The highest BCUT2D eigenvalue weighted by atomic mass is 16.5. The van der Waals surface area contributed by atoms with Crippen molar-refractivity contribution in [3.8, 4) is 0 Å². The Morgan fingerprint density at radius 1 is 0.942 bits per heavy atom. The first-order valence-electron chi connectivity index (χ1n) is 19.0. The van der Waals surface area contributed by atoms with Crippen molar-refractivity contribution in [1.29, 1.82) is 0 Å². The molecule has 52 heavy (non-hydrogen) atoms. The summed E-state index contributed by atoms with van der Waals surface area (Å²) in [5.41, 5.74) is 0.126. The highest BCUT2D eigenvalue weighted by molar-refractivity contribution is 5.92.